The molecule has 0 aromatic heterocycles. The number of aliphatic carboxylic acids is 1. The molecule has 0 bridgehead atoms. The molecule has 1 amide bonds. The van der Waals surface area contributed by atoms with Crippen LogP contribution >= 0.6 is 0 Å². The van der Waals surface area contributed by atoms with Crippen molar-refractivity contribution in [1.82, 2.24) is 5.32 Å². The van der Waals surface area contributed by atoms with Crippen LogP contribution in [-0.4, -0.2) is 36.7 Å². The van der Waals surface area contributed by atoms with Gasteiger partial charge in [0.05, 0.1) is 5.92 Å². The summed E-state index contributed by atoms with van der Waals surface area (Å²) in [5, 5.41) is 12.0. The summed E-state index contributed by atoms with van der Waals surface area (Å²) in [6.45, 7) is 2.82. The third kappa shape index (κ3) is 4.04. The number of carboxylic acids is 1. The van der Waals surface area contributed by atoms with Gasteiger partial charge in [-0.1, -0.05) is 0 Å². The van der Waals surface area contributed by atoms with E-state index in [1.807, 2.05) is 0 Å². The van der Waals surface area contributed by atoms with Gasteiger partial charge in [0.2, 0.25) is 0 Å². The third-order valence-electron chi connectivity index (χ3n) is 4.07. The van der Waals surface area contributed by atoms with E-state index in [0.29, 0.717) is 37.2 Å². The normalized spacial score (nSPS) is 17.0. The van der Waals surface area contributed by atoms with Crippen molar-refractivity contribution in [3.63, 3.8) is 0 Å². The molecule has 120 valence electrons. The molecule has 1 atom stereocenters. The standard InChI is InChI=1S/C16H20FNO4/c1-10-8-12(17)2-3-13(10)15(19)18-9-14(16(20)21)11-4-6-22-7-5-11/h2-3,8,11,14H,4-7,9H2,1H3,(H,18,19)(H,20,21). The lowest BCUT2D eigenvalue weighted by Gasteiger charge is -2.27. The predicted molar refractivity (Wildman–Crippen MR) is 78.1 cm³/mol. The van der Waals surface area contributed by atoms with E-state index in [4.69, 9.17) is 4.74 Å². The van der Waals surface area contributed by atoms with Crippen molar-refractivity contribution in [2.45, 2.75) is 19.8 Å². The molecular formula is C16H20FNO4. The van der Waals surface area contributed by atoms with Gasteiger partial charge in [0.15, 0.2) is 0 Å². The Morgan fingerprint density at radius 3 is 2.68 bits per heavy atom. The molecule has 0 spiro atoms. The van der Waals surface area contributed by atoms with Gasteiger partial charge in [-0.3, -0.25) is 9.59 Å². The summed E-state index contributed by atoms with van der Waals surface area (Å²) >= 11 is 0. The summed E-state index contributed by atoms with van der Waals surface area (Å²) in [6.07, 6.45) is 1.37. The van der Waals surface area contributed by atoms with Crippen LogP contribution in [0.3, 0.4) is 0 Å². The van der Waals surface area contributed by atoms with E-state index >= 15 is 0 Å². The molecule has 1 aromatic carbocycles. The van der Waals surface area contributed by atoms with Crippen molar-refractivity contribution >= 4 is 11.9 Å². The summed E-state index contributed by atoms with van der Waals surface area (Å²) in [5.74, 6) is -2.33. The molecule has 0 radical (unpaired) electrons. The van der Waals surface area contributed by atoms with Crippen molar-refractivity contribution in [2.24, 2.45) is 11.8 Å². The van der Waals surface area contributed by atoms with Crippen LogP contribution in [0.1, 0.15) is 28.8 Å². The zero-order valence-electron chi connectivity index (χ0n) is 12.5. The van der Waals surface area contributed by atoms with Gasteiger partial charge in [-0.2, -0.15) is 0 Å². The number of hydrogen-bond donors (Lipinski definition) is 2. The Bertz CT molecular complexity index is 555. The number of halogens is 1. The van der Waals surface area contributed by atoms with E-state index < -0.39 is 17.7 Å². The van der Waals surface area contributed by atoms with Crippen LogP contribution in [0.15, 0.2) is 18.2 Å². The highest BCUT2D eigenvalue weighted by molar-refractivity contribution is 5.95. The second kappa shape index (κ2) is 7.35. The molecule has 0 aliphatic carbocycles. The summed E-state index contributed by atoms with van der Waals surface area (Å²) in [4.78, 5) is 23.6. The fourth-order valence-electron chi connectivity index (χ4n) is 2.75. The first-order chi connectivity index (χ1) is 10.5. The van der Waals surface area contributed by atoms with E-state index in [1.54, 1.807) is 6.92 Å². The first kappa shape index (κ1) is 16.4. The number of amides is 1. The minimum Gasteiger partial charge on any atom is -0.481 e. The lowest BCUT2D eigenvalue weighted by atomic mass is 9.86. The van der Waals surface area contributed by atoms with Crippen molar-refractivity contribution in [3.05, 3.63) is 35.1 Å². The molecule has 0 saturated carbocycles. The molecule has 2 N–H and O–H groups in total. The van der Waals surface area contributed by atoms with E-state index in [2.05, 4.69) is 5.32 Å². The van der Waals surface area contributed by atoms with Crippen molar-refractivity contribution in [1.29, 1.82) is 0 Å². The summed E-state index contributed by atoms with van der Waals surface area (Å²) in [6, 6.07) is 3.90. The van der Waals surface area contributed by atoms with Crippen LogP contribution in [0, 0.1) is 24.6 Å². The van der Waals surface area contributed by atoms with Crippen LogP contribution in [-0.2, 0) is 9.53 Å². The molecular weight excluding hydrogens is 289 g/mol. The Hall–Kier alpha value is -1.95. The zero-order chi connectivity index (χ0) is 16.1. The third-order valence-corrected chi connectivity index (χ3v) is 4.07. The van der Waals surface area contributed by atoms with Crippen LogP contribution in [0.4, 0.5) is 4.39 Å². The topological polar surface area (TPSA) is 75.6 Å². The Labute approximate surface area is 128 Å². The largest absolute Gasteiger partial charge is 0.481 e. The number of rotatable bonds is 5. The van der Waals surface area contributed by atoms with Crippen molar-refractivity contribution in [2.75, 3.05) is 19.8 Å². The second-order valence-electron chi connectivity index (χ2n) is 5.56. The maximum Gasteiger partial charge on any atom is 0.308 e. The molecule has 1 fully saturated rings. The van der Waals surface area contributed by atoms with Gasteiger partial charge in [0.25, 0.3) is 5.91 Å². The van der Waals surface area contributed by atoms with Crippen LogP contribution in [0.5, 0.6) is 0 Å². The highest BCUT2D eigenvalue weighted by Crippen LogP contribution is 2.24. The highest BCUT2D eigenvalue weighted by Gasteiger charge is 2.30. The number of benzene rings is 1. The average molecular weight is 309 g/mol. The second-order valence-corrected chi connectivity index (χ2v) is 5.56. The molecule has 2 rings (SSSR count). The van der Waals surface area contributed by atoms with Gasteiger partial charge in [0.1, 0.15) is 5.82 Å². The number of carbonyl (C=O) groups excluding carboxylic acids is 1. The summed E-state index contributed by atoms with van der Waals surface area (Å²) < 4.78 is 18.3. The summed E-state index contributed by atoms with van der Waals surface area (Å²) in [7, 11) is 0. The first-order valence-electron chi connectivity index (χ1n) is 7.34. The Balaban J connectivity index is 1.99. The minimum absolute atomic E-state index is 0.000801. The van der Waals surface area contributed by atoms with E-state index in [0.717, 1.165) is 0 Å². The van der Waals surface area contributed by atoms with Gasteiger partial charge in [-0.15, -0.1) is 0 Å². The smallest absolute Gasteiger partial charge is 0.308 e. The number of nitrogens with one attached hydrogen (secondary N) is 1. The molecule has 5 nitrogen and oxygen atoms in total. The predicted octanol–water partition coefficient (Wildman–Crippen LogP) is 1.99. The molecule has 1 aliphatic rings. The maximum atomic E-state index is 13.1. The number of ether oxygens (including phenoxy) is 1. The van der Waals surface area contributed by atoms with Gasteiger partial charge in [-0.25, -0.2) is 4.39 Å². The average Bonchev–Trinajstić information content (AvgIpc) is 2.48. The Kier molecular flexibility index (Phi) is 5.49. The monoisotopic (exact) mass is 309 g/mol. The SMILES string of the molecule is Cc1cc(F)ccc1C(=O)NCC(C(=O)O)C1CCOCC1. The van der Waals surface area contributed by atoms with Crippen LogP contribution < -0.4 is 5.32 Å². The van der Waals surface area contributed by atoms with Crippen molar-refractivity contribution in [3.8, 4) is 0 Å². The van der Waals surface area contributed by atoms with E-state index in [9.17, 15) is 19.1 Å². The quantitative estimate of drug-likeness (QED) is 0.872. The van der Waals surface area contributed by atoms with Gasteiger partial charge in [0, 0.05) is 25.3 Å². The molecule has 1 saturated heterocycles. The fraction of sp³-hybridized carbons (Fsp3) is 0.500. The molecule has 1 unspecified atom stereocenters. The van der Waals surface area contributed by atoms with Gasteiger partial charge in [-0.05, 0) is 49.4 Å². The van der Waals surface area contributed by atoms with Gasteiger partial charge >= 0.3 is 5.97 Å². The van der Waals surface area contributed by atoms with E-state index in [-0.39, 0.29) is 18.4 Å². The lowest BCUT2D eigenvalue weighted by Crippen LogP contribution is -2.39. The molecule has 6 heteroatoms. The Morgan fingerprint density at radius 2 is 2.09 bits per heavy atom. The number of hydrogen-bond acceptors (Lipinski definition) is 3. The molecule has 1 aliphatic heterocycles. The van der Waals surface area contributed by atoms with Crippen LogP contribution in [0.2, 0.25) is 0 Å². The van der Waals surface area contributed by atoms with E-state index in [1.165, 1.54) is 18.2 Å². The lowest BCUT2D eigenvalue weighted by molar-refractivity contribution is -0.144. The zero-order valence-corrected chi connectivity index (χ0v) is 12.5. The summed E-state index contributed by atoms with van der Waals surface area (Å²) in [5.41, 5.74) is 0.882. The number of carboxylic acid groups (broad SMARTS) is 1. The molecule has 1 aromatic rings. The number of aryl methyl sites for hydroxylation is 1. The van der Waals surface area contributed by atoms with Crippen molar-refractivity contribution < 1.29 is 23.8 Å². The Morgan fingerprint density at radius 1 is 1.41 bits per heavy atom. The molecule has 1 heterocycles. The maximum absolute atomic E-state index is 13.1. The first-order valence-corrected chi connectivity index (χ1v) is 7.34. The minimum atomic E-state index is -0.914. The number of carbonyl (C=O) groups is 2. The molecule has 22 heavy (non-hydrogen) atoms. The van der Waals surface area contributed by atoms with Crippen LogP contribution in [0.25, 0.3) is 0 Å². The van der Waals surface area contributed by atoms with Gasteiger partial charge < -0.3 is 15.2 Å². The fourth-order valence-corrected chi connectivity index (χ4v) is 2.75. The highest BCUT2D eigenvalue weighted by atomic mass is 19.1.